The highest BCUT2D eigenvalue weighted by Crippen LogP contribution is 2.11. The van der Waals surface area contributed by atoms with Crippen molar-refractivity contribution in [1.29, 1.82) is 0 Å². The Bertz CT molecular complexity index is 335. The summed E-state index contributed by atoms with van der Waals surface area (Å²) in [6.07, 6.45) is 0.0428. The number of carbonyl (C=O) groups is 2. The first-order valence-corrected chi connectivity index (χ1v) is 4.97. The highest BCUT2D eigenvalue weighted by atomic mass is 16.5. The topological polar surface area (TPSA) is 52.6 Å². The maximum absolute atomic E-state index is 11.3. The van der Waals surface area contributed by atoms with Gasteiger partial charge < -0.3 is 9.47 Å². The van der Waals surface area contributed by atoms with Crippen LogP contribution in [-0.4, -0.2) is 25.2 Å². The molecule has 0 fully saturated rings. The number of hydrogen-bond acceptors (Lipinski definition) is 4. The Morgan fingerprint density at radius 3 is 2.06 bits per heavy atom. The van der Waals surface area contributed by atoms with Gasteiger partial charge in [-0.15, -0.1) is 5.73 Å². The standard InChI is InChI=1S/C12H16O4/c1-5-10(12(14)16-7-3)8-9(4)11(13)15-6-2/h1,4,6-8H2,2-3H3. The van der Waals surface area contributed by atoms with Crippen molar-refractivity contribution in [3.63, 3.8) is 0 Å². The molecule has 0 aliphatic rings. The first-order valence-electron chi connectivity index (χ1n) is 4.97. The van der Waals surface area contributed by atoms with Crippen LogP contribution in [0.4, 0.5) is 0 Å². The molecule has 0 bridgehead atoms. The lowest BCUT2D eigenvalue weighted by molar-refractivity contribution is -0.138. The fourth-order valence-electron chi connectivity index (χ4n) is 0.944. The van der Waals surface area contributed by atoms with Gasteiger partial charge in [0.15, 0.2) is 0 Å². The van der Waals surface area contributed by atoms with Crippen LogP contribution in [0.5, 0.6) is 0 Å². The molecule has 16 heavy (non-hydrogen) atoms. The van der Waals surface area contributed by atoms with Crippen molar-refractivity contribution in [2.75, 3.05) is 13.2 Å². The Kier molecular flexibility index (Phi) is 6.64. The Hall–Kier alpha value is -1.80. The van der Waals surface area contributed by atoms with Crippen LogP contribution < -0.4 is 0 Å². The molecule has 4 heteroatoms. The lowest BCUT2D eigenvalue weighted by atomic mass is 10.1. The maximum atomic E-state index is 11.3. The van der Waals surface area contributed by atoms with E-state index in [0.29, 0.717) is 0 Å². The van der Waals surface area contributed by atoms with Gasteiger partial charge in [-0.2, -0.15) is 0 Å². The summed E-state index contributed by atoms with van der Waals surface area (Å²) in [4.78, 5) is 22.6. The van der Waals surface area contributed by atoms with Crippen LogP contribution in [0.2, 0.25) is 0 Å². The molecule has 0 spiro atoms. The Labute approximate surface area is 95.2 Å². The number of rotatable bonds is 6. The van der Waals surface area contributed by atoms with Gasteiger partial charge in [0.25, 0.3) is 0 Å². The summed E-state index contributed by atoms with van der Waals surface area (Å²) in [6.45, 7) is 10.8. The van der Waals surface area contributed by atoms with E-state index in [1.54, 1.807) is 13.8 Å². The van der Waals surface area contributed by atoms with Gasteiger partial charge in [0, 0.05) is 12.0 Å². The van der Waals surface area contributed by atoms with Crippen LogP contribution in [0.1, 0.15) is 20.3 Å². The Morgan fingerprint density at radius 1 is 1.12 bits per heavy atom. The van der Waals surface area contributed by atoms with E-state index in [2.05, 4.69) is 18.9 Å². The maximum Gasteiger partial charge on any atom is 0.342 e. The van der Waals surface area contributed by atoms with Crippen LogP contribution in [0, 0.1) is 0 Å². The molecule has 0 N–H and O–H groups in total. The summed E-state index contributed by atoms with van der Waals surface area (Å²) in [5.41, 5.74) is 2.80. The molecule has 0 atom stereocenters. The third kappa shape index (κ3) is 4.62. The summed E-state index contributed by atoms with van der Waals surface area (Å²) in [7, 11) is 0. The minimum absolute atomic E-state index is 0.0428. The lowest BCUT2D eigenvalue weighted by Gasteiger charge is -2.06. The van der Waals surface area contributed by atoms with Gasteiger partial charge in [-0.1, -0.05) is 13.2 Å². The van der Waals surface area contributed by atoms with E-state index in [-0.39, 0.29) is 30.8 Å². The molecule has 0 heterocycles. The van der Waals surface area contributed by atoms with Gasteiger partial charge in [-0.3, -0.25) is 0 Å². The van der Waals surface area contributed by atoms with Gasteiger partial charge in [0.1, 0.15) is 0 Å². The molecule has 0 rings (SSSR count). The van der Waals surface area contributed by atoms with E-state index in [1.165, 1.54) is 0 Å². The van der Waals surface area contributed by atoms with E-state index in [1.807, 2.05) is 0 Å². The van der Waals surface area contributed by atoms with Crippen molar-refractivity contribution in [2.45, 2.75) is 20.3 Å². The molecule has 0 aliphatic heterocycles. The Morgan fingerprint density at radius 2 is 1.62 bits per heavy atom. The third-order valence-corrected chi connectivity index (χ3v) is 1.69. The molecule has 0 aromatic heterocycles. The van der Waals surface area contributed by atoms with Crippen LogP contribution >= 0.6 is 0 Å². The SMILES string of the molecule is C=C=C(CC(=C)C(=O)OCC)C(=O)OCC. The fraction of sp³-hybridized carbons (Fsp3) is 0.417. The van der Waals surface area contributed by atoms with E-state index in [4.69, 9.17) is 9.47 Å². The van der Waals surface area contributed by atoms with Gasteiger partial charge in [-0.25, -0.2) is 9.59 Å². The first kappa shape index (κ1) is 14.2. The summed E-state index contributed by atoms with van der Waals surface area (Å²) in [5, 5.41) is 0. The quantitative estimate of drug-likeness (QED) is 0.392. The molecule has 0 radical (unpaired) electrons. The van der Waals surface area contributed by atoms with Gasteiger partial charge in [-0.05, 0) is 13.8 Å². The number of ether oxygens (including phenoxy) is 2. The predicted octanol–water partition coefficient (Wildman–Crippen LogP) is 1.77. The second-order valence-electron chi connectivity index (χ2n) is 2.88. The predicted molar refractivity (Wildman–Crippen MR) is 59.7 cm³/mol. The largest absolute Gasteiger partial charge is 0.463 e. The first-order chi connectivity index (χ1) is 7.56. The van der Waals surface area contributed by atoms with Crippen LogP contribution in [0.15, 0.2) is 30.0 Å². The van der Waals surface area contributed by atoms with Crippen LogP contribution in [0.25, 0.3) is 0 Å². The zero-order valence-corrected chi connectivity index (χ0v) is 9.67. The molecule has 88 valence electrons. The average molecular weight is 224 g/mol. The van der Waals surface area contributed by atoms with Crippen LogP contribution in [0.3, 0.4) is 0 Å². The van der Waals surface area contributed by atoms with Gasteiger partial charge in [0.05, 0.1) is 18.8 Å². The second-order valence-corrected chi connectivity index (χ2v) is 2.88. The summed E-state index contributed by atoms with van der Waals surface area (Å²) >= 11 is 0. The lowest BCUT2D eigenvalue weighted by Crippen LogP contribution is -2.12. The normalized spacial score (nSPS) is 8.88. The molecule has 0 aromatic carbocycles. The molecule has 0 unspecified atom stereocenters. The van der Waals surface area contributed by atoms with Crippen molar-refractivity contribution in [3.05, 3.63) is 30.0 Å². The molecule has 4 nitrogen and oxygen atoms in total. The molecule has 0 saturated carbocycles. The van der Waals surface area contributed by atoms with Crippen LogP contribution in [-0.2, 0) is 19.1 Å². The average Bonchev–Trinajstić information content (AvgIpc) is 2.26. The van der Waals surface area contributed by atoms with Crippen molar-refractivity contribution in [3.8, 4) is 0 Å². The zero-order chi connectivity index (χ0) is 12.6. The summed E-state index contributed by atoms with van der Waals surface area (Å²) in [6, 6.07) is 0. The molecule has 0 saturated heterocycles. The zero-order valence-electron chi connectivity index (χ0n) is 9.67. The van der Waals surface area contributed by atoms with Crippen molar-refractivity contribution >= 4 is 11.9 Å². The number of carbonyl (C=O) groups excluding carboxylic acids is 2. The second kappa shape index (κ2) is 7.49. The highest BCUT2D eigenvalue weighted by Gasteiger charge is 2.15. The van der Waals surface area contributed by atoms with E-state index >= 15 is 0 Å². The monoisotopic (exact) mass is 224 g/mol. The van der Waals surface area contributed by atoms with E-state index in [0.717, 1.165) is 0 Å². The van der Waals surface area contributed by atoms with Gasteiger partial charge >= 0.3 is 11.9 Å². The van der Waals surface area contributed by atoms with E-state index in [9.17, 15) is 9.59 Å². The Balaban J connectivity index is 4.46. The minimum Gasteiger partial charge on any atom is -0.463 e. The molecular weight excluding hydrogens is 208 g/mol. The third-order valence-electron chi connectivity index (χ3n) is 1.69. The number of hydrogen-bond donors (Lipinski definition) is 0. The molecule has 0 amide bonds. The molecular formula is C12H16O4. The minimum atomic E-state index is -0.539. The van der Waals surface area contributed by atoms with Gasteiger partial charge in [0.2, 0.25) is 0 Å². The molecule has 0 aliphatic carbocycles. The van der Waals surface area contributed by atoms with E-state index < -0.39 is 11.9 Å². The smallest absolute Gasteiger partial charge is 0.342 e. The van der Waals surface area contributed by atoms with Crippen molar-refractivity contribution in [2.24, 2.45) is 0 Å². The fourth-order valence-corrected chi connectivity index (χ4v) is 0.944. The summed E-state index contributed by atoms with van der Waals surface area (Å²) < 4.78 is 9.50. The van der Waals surface area contributed by atoms with Crippen molar-refractivity contribution < 1.29 is 19.1 Å². The summed E-state index contributed by atoms with van der Waals surface area (Å²) in [5.74, 6) is -1.07. The number of esters is 2. The highest BCUT2D eigenvalue weighted by molar-refractivity contribution is 5.94. The van der Waals surface area contributed by atoms with Crippen molar-refractivity contribution in [1.82, 2.24) is 0 Å². The molecule has 0 aromatic rings.